The minimum atomic E-state index is -0.705. The molecule has 0 aromatic heterocycles. The minimum absolute atomic E-state index is 0.00546. The van der Waals surface area contributed by atoms with Crippen LogP contribution in [0.25, 0.3) is 0 Å². The maximum Gasteiger partial charge on any atom is 0.151 e. The van der Waals surface area contributed by atoms with Crippen LogP contribution in [0.1, 0.15) is 33.1 Å². The molecule has 1 aromatic rings. The van der Waals surface area contributed by atoms with Gasteiger partial charge < -0.3 is 11.1 Å². The van der Waals surface area contributed by atoms with E-state index in [-0.39, 0.29) is 17.1 Å². The number of nitrogen functional groups attached to an aromatic ring is 1. The van der Waals surface area contributed by atoms with E-state index in [0.29, 0.717) is 5.69 Å². The number of halogens is 2. The Balaban J connectivity index is 2.24. The van der Waals surface area contributed by atoms with Crippen LogP contribution < -0.4 is 11.1 Å². The van der Waals surface area contributed by atoms with Crippen molar-refractivity contribution in [2.24, 2.45) is 5.41 Å². The van der Waals surface area contributed by atoms with E-state index < -0.39 is 11.6 Å². The van der Waals surface area contributed by atoms with E-state index in [1.165, 1.54) is 6.07 Å². The number of benzene rings is 1. The number of hydrogen-bond donors (Lipinski definition) is 2. The quantitative estimate of drug-likeness (QED) is 0.776. The van der Waals surface area contributed by atoms with Gasteiger partial charge in [0.2, 0.25) is 0 Å². The highest BCUT2D eigenvalue weighted by atomic mass is 19.1. The maximum absolute atomic E-state index is 13.3. The van der Waals surface area contributed by atoms with Crippen molar-refractivity contribution in [3.63, 3.8) is 0 Å². The largest absolute Gasteiger partial charge is 0.395 e. The molecular weight excluding hydrogens is 222 g/mol. The molecule has 94 valence electrons. The second-order valence-electron chi connectivity index (χ2n) is 5.43. The molecule has 0 saturated heterocycles. The molecule has 0 amide bonds. The first-order valence-corrected chi connectivity index (χ1v) is 5.91. The molecule has 1 aromatic carbocycles. The van der Waals surface area contributed by atoms with Gasteiger partial charge in [-0.3, -0.25) is 0 Å². The first kappa shape index (κ1) is 12.1. The Morgan fingerprint density at radius 3 is 2.65 bits per heavy atom. The average molecular weight is 240 g/mol. The fraction of sp³-hybridized carbons (Fsp3) is 0.538. The van der Waals surface area contributed by atoms with Crippen molar-refractivity contribution in [2.75, 3.05) is 11.1 Å². The fourth-order valence-electron chi connectivity index (χ4n) is 2.49. The van der Waals surface area contributed by atoms with E-state index in [9.17, 15) is 8.78 Å². The van der Waals surface area contributed by atoms with Crippen LogP contribution in [0, 0.1) is 17.0 Å². The zero-order chi connectivity index (χ0) is 12.6. The third-order valence-electron chi connectivity index (χ3n) is 3.68. The van der Waals surface area contributed by atoms with Gasteiger partial charge in [-0.15, -0.1) is 0 Å². The Hall–Kier alpha value is -1.32. The summed E-state index contributed by atoms with van der Waals surface area (Å²) in [5.41, 5.74) is 6.11. The number of nitrogens with two attached hydrogens (primary N) is 1. The Bertz CT molecular complexity index is 430. The summed E-state index contributed by atoms with van der Waals surface area (Å²) in [6, 6.07) is 2.28. The number of nitrogens with one attached hydrogen (secondary N) is 1. The summed E-state index contributed by atoms with van der Waals surface area (Å²) in [6.45, 7) is 4.31. The van der Waals surface area contributed by atoms with Crippen LogP contribution in [0.15, 0.2) is 12.1 Å². The fourth-order valence-corrected chi connectivity index (χ4v) is 2.49. The molecule has 1 aliphatic rings. The van der Waals surface area contributed by atoms with E-state index in [0.717, 1.165) is 25.3 Å². The van der Waals surface area contributed by atoms with Gasteiger partial charge in [-0.25, -0.2) is 8.78 Å². The molecule has 3 N–H and O–H groups in total. The van der Waals surface area contributed by atoms with Crippen molar-refractivity contribution in [1.82, 2.24) is 0 Å². The third kappa shape index (κ3) is 2.35. The molecule has 4 heteroatoms. The van der Waals surface area contributed by atoms with Crippen LogP contribution >= 0.6 is 0 Å². The van der Waals surface area contributed by atoms with Crippen molar-refractivity contribution < 1.29 is 8.78 Å². The molecule has 2 rings (SSSR count). The van der Waals surface area contributed by atoms with Crippen LogP contribution in [0.5, 0.6) is 0 Å². The summed E-state index contributed by atoms with van der Waals surface area (Å²) >= 11 is 0. The Morgan fingerprint density at radius 1 is 1.35 bits per heavy atom. The summed E-state index contributed by atoms with van der Waals surface area (Å²) in [5, 5.41) is 3.18. The summed E-state index contributed by atoms with van der Waals surface area (Å²) in [4.78, 5) is 0. The maximum atomic E-state index is 13.3. The Kier molecular flexibility index (Phi) is 2.98. The number of rotatable bonds is 2. The van der Waals surface area contributed by atoms with Crippen molar-refractivity contribution >= 4 is 11.4 Å². The van der Waals surface area contributed by atoms with Crippen molar-refractivity contribution in [3.05, 3.63) is 23.8 Å². The monoisotopic (exact) mass is 240 g/mol. The highest BCUT2D eigenvalue weighted by molar-refractivity contribution is 5.67. The average Bonchev–Trinajstić information content (AvgIpc) is 2.54. The first-order chi connectivity index (χ1) is 7.90. The van der Waals surface area contributed by atoms with Crippen LogP contribution in [-0.2, 0) is 0 Å². The molecule has 1 fully saturated rings. The molecule has 1 atom stereocenters. The van der Waals surface area contributed by atoms with Gasteiger partial charge in [-0.2, -0.15) is 0 Å². The SMILES string of the molecule is CC1(C)CCCC1Nc1cc(F)cc(F)c1N. The highest BCUT2D eigenvalue weighted by Crippen LogP contribution is 2.40. The standard InChI is InChI=1S/C13H18F2N2/c1-13(2)5-3-4-11(13)17-10-7-8(14)6-9(15)12(10)16/h6-7,11,17H,3-5,16H2,1-2H3. The van der Waals surface area contributed by atoms with Gasteiger partial charge in [0.25, 0.3) is 0 Å². The molecule has 0 aliphatic heterocycles. The molecular formula is C13H18F2N2. The molecule has 2 nitrogen and oxygen atoms in total. The van der Waals surface area contributed by atoms with E-state index in [1.54, 1.807) is 0 Å². The third-order valence-corrected chi connectivity index (χ3v) is 3.68. The topological polar surface area (TPSA) is 38.0 Å². The molecule has 1 unspecified atom stereocenters. The van der Waals surface area contributed by atoms with Gasteiger partial charge in [0.1, 0.15) is 5.82 Å². The van der Waals surface area contributed by atoms with Crippen LogP contribution in [0.4, 0.5) is 20.2 Å². The molecule has 0 heterocycles. The van der Waals surface area contributed by atoms with E-state index >= 15 is 0 Å². The Morgan fingerprint density at radius 2 is 2.06 bits per heavy atom. The molecule has 0 bridgehead atoms. The smallest absolute Gasteiger partial charge is 0.151 e. The van der Waals surface area contributed by atoms with Crippen LogP contribution in [0.2, 0.25) is 0 Å². The molecule has 1 saturated carbocycles. The summed E-state index contributed by atoms with van der Waals surface area (Å²) < 4.78 is 26.4. The Labute approximate surface area is 100 Å². The summed E-state index contributed by atoms with van der Waals surface area (Å²) in [5.74, 6) is -1.31. The van der Waals surface area contributed by atoms with Gasteiger partial charge in [0.05, 0.1) is 11.4 Å². The molecule has 0 radical (unpaired) electrons. The van der Waals surface area contributed by atoms with E-state index in [2.05, 4.69) is 19.2 Å². The molecule has 1 aliphatic carbocycles. The molecule has 17 heavy (non-hydrogen) atoms. The summed E-state index contributed by atoms with van der Waals surface area (Å²) in [7, 11) is 0. The first-order valence-electron chi connectivity index (χ1n) is 5.91. The number of anilines is 2. The normalized spacial score (nSPS) is 22.7. The van der Waals surface area contributed by atoms with Crippen molar-refractivity contribution in [1.29, 1.82) is 0 Å². The van der Waals surface area contributed by atoms with Gasteiger partial charge in [0, 0.05) is 12.1 Å². The van der Waals surface area contributed by atoms with Crippen molar-refractivity contribution in [3.8, 4) is 0 Å². The summed E-state index contributed by atoms with van der Waals surface area (Å²) in [6.07, 6.45) is 3.25. The van der Waals surface area contributed by atoms with Crippen LogP contribution in [0.3, 0.4) is 0 Å². The van der Waals surface area contributed by atoms with E-state index in [1.807, 2.05) is 0 Å². The van der Waals surface area contributed by atoms with Gasteiger partial charge in [-0.1, -0.05) is 20.3 Å². The highest BCUT2D eigenvalue weighted by Gasteiger charge is 2.34. The van der Waals surface area contributed by atoms with Gasteiger partial charge in [0.15, 0.2) is 5.82 Å². The molecule has 0 spiro atoms. The predicted molar refractivity (Wildman–Crippen MR) is 65.8 cm³/mol. The van der Waals surface area contributed by atoms with Crippen molar-refractivity contribution in [2.45, 2.75) is 39.2 Å². The lowest BCUT2D eigenvalue weighted by Crippen LogP contribution is -2.31. The lowest BCUT2D eigenvalue weighted by molar-refractivity contribution is 0.350. The predicted octanol–water partition coefficient (Wildman–Crippen LogP) is 3.54. The number of hydrogen-bond acceptors (Lipinski definition) is 2. The second kappa shape index (κ2) is 4.17. The second-order valence-corrected chi connectivity index (χ2v) is 5.43. The minimum Gasteiger partial charge on any atom is -0.395 e. The lowest BCUT2D eigenvalue weighted by Gasteiger charge is -2.29. The van der Waals surface area contributed by atoms with Crippen LogP contribution in [-0.4, -0.2) is 6.04 Å². The zero-order valence-corrected chi connectivity index (χ0v) is 10.2. The van der Waals surface area contributed by atoms with Gasteiger partial charge >= 0.3 is 0 Å². The zero-order valence-electron chi connectivity index (χ0n) is 10.2. The van der Waals surface area contributed by atoms with Gasteiger partial charge in [-0.05, 0) is 24.3 Å². The van der Waals surface area contributed by atoms with E-state index in [4.69, 9.17) is 5.73 Å². The lowest BCUT2D eigenvalue weighted by atomic mass is 9.87.